The van der Waals surface area contributed by atoms with Crippen molar-refractivity contribution in [2.24, 2.45) is 0 Å². The summed E-state index contributed by atoms with van der Waals surface area (Å²) in [5.41, 5.74) is 5.39. The molecular formula is C31H23N3O3. The van der Waals surface area contributed by atoms with Crippen LogP contribution in [0.3, 0.4) is 0 Å². The Hall–Kier alpha value is -4.97. The number of nitrogens with zero attached hydrogens (tertiary/aromatic N) is 3. The van der Waals surface area contributed by atoms with Gasteiger partial charge in [-0.3, -0.25) is 14.3 Å². The van der Waals surface area contributed by atoms with E-state index in [0.717, 1.165) is 38.5 Å². The summed E-state index contributed by atoms with van der Waals surface area (Å²) in [6.07, 6.45) is 5.33. The molecule has 0 fully saturated rings. The van der Waals surface area contributed by atoms with Crippen LogP contribution in [0.5, 0.6) is 11.5 Å². The van der Waals surface area contributed by atoms with Gasteiger partial charge in [0, 0.05) is 40.5 Å². The predicted molar refractivity (Wildman–Crippen MR) is 145 cm³/mol. The number of hydrogen-bond donors (Lipinski definition) is 0. The molecule has 0 unspecified atom stereocenters. The summed E-state index contributed by atoms with van der Waals surface area (Å²) in [5, 5.41) is 1.65. The van der Waals surface area contributed by atoms with Gasteiger partial charge in [-0.1, -0.05) is 54.6 Å². The highest BCUT2D eigenvalue weighted by atomic mass is 16.5. The maximum Gasteiger partial charge on any atom is 0.264 e. The Bertz CT molecular complexity index is 1770. The Morgan fingerprint density at radius 2 is 1.49 bits per heavy atom. The number of para-hydroxylation sites is 1. The average Bonchev–Trinajstić information content (AvgIpc) is 3.36. The lowest BCUT2D eigenvalue weighted by atomic mass is 9.97. The van der Waals surface area contributed by atoms with Crippen molar-refractivity contribution in [3.8, 4) is 33.8 Å². The molecule has 0 atom stereocenters. The zero-order valence-electron chi connectivity index (χ0n) is 20.4. The summed E-state index contributed by atoms with van der Waals surface area (Å²) in [7, 11) is 3.21. The van der Waals surface area contributed by atoms with Crippen molar-refractivity contribution in [3.63, 3.8) is 0 Å². The fourth-order valence-electron chi connectivity index (χ4n) is 4.78. The Kier molecular flexibility index (Phi) is 5.62. The third kappa shape index (κ3) is 3.79. The fraction of sp³-hybridized carbons (Fsp3) is 0.0645. The van der Waals surface area contributed by atoms with Crippen LogP contribution < -0.4 is 9.47 Å². The maximum atomic E-state index is 14.4. The summed E-state index contributed by atoms with van der Waals surface area (Å²) in [5.74, 6) is 1.08. The van der Waals surface area contributed by atoms with Gasteiger partial charge in [0.2, 0.25) is 0 Å². The van der Waals surface area contributed by atoms with E-state index in [9.17, 15) is 4.79 Å². The van der Waals surface area contributed by atoms with Crippen LogP contribution in [0, 0.1) is 0 Å². The zero-order valence-corrected chi connectivity index (χ0v) is 20.4. The van der Waals surface area contributed by atoms with Gasteiger partial charge in [-0.25, -0.2) is 4.98 Å². The topological polar surface area (TPSA) is 66.2 Å². The molecule has 0 aliphatic heterocycles. The molecule has 3 aromatic heterocycles. The number of carbonyl (C=O) groups excluding carboxylic acids is 1. The minimum atomic E-state index is -0.173. The van der Waals surface area contributed by atoms with E-state index in [-0.39, 0.29) is 5.91 Å². The molecule has 0 saturated heterocycles. The lowest BCUT2D eigenvalue weighted by Gasteiger charge is -2.13. The summed E-state index contributed by atoms with van der Waals surface area (Å²) in [6, 6.07) is 27.1. The second-order valence-electron chi connectivity index (χ2n) is 8.59. The van der Waals surface area contributed by atoms with Crippen molar-refractivity contribution in [2.75, 3.05) is 14.2 Å². The van der Waals surface area contributed by atoms with Crippen LogP contribution in [0.2, 0.25) is 0 Å². The molecule has 6 nitrogen and oxygen atoms in total. The average molecular weight is 486 g/mol. The van der Waals surface area contributed by atoms with Crippen LogP contribution in [0.15, 0.2) is 104 Å². The van der Waals surface area contributed by atoms with Gasteiger partial charge in [-0.15, -0.1) is 0 Å². The number of methoxy groups -OCH3 is 2. The van der Waals surface area contributed by atoms with Gasteiger partial charge in [0.25, 0.3) is 5.91 Å². The van der Waals surface area contributed by atoms with Crippen molar-refractivity contribution in [3.05, 3.63) is 109 Å². The van der Waals surface area contributed by atoms with E-state index in [1.54, 1.807) is 31.2 Å². The van der Waals surface area contributed by atoms with Gasteiger partial charge in [-0.2, -0.15) is 0 Å². The van der Waals surface area contributed by atoms with Crippen molar-refractivity contribution in [1.82, 2.24) is 14.5 Å². The molecular weight excluding hydrogens is 462 g/mol. The first-order valence-electron chi connectivity index (χ1n) is 11.9. The van der Waals surface area contributed by atoms with Gasteiger partial charge in [0.1, 0.15) is 5.65 Å². The molecule has 0 aliphatic rings. The van der Waals surface area contributed by atoms with E-state index >= 15 is 0 Å². The number of pyridine rings is 2. The van der Waals surface area contributed by atoms with E-state index in [4.69, 9.17) is 9.47 Å². The molecule has 0 amide bonds. The molecule has 0 bridgehead atoms. The number of rotatable bonds is 5. The van der Waals surface area contributed by atoms with Crippen LogP contribution in [0.25, 0.3) is 44.2 Å². The van der Waals surface area contributed by atoms with Gasteiger partial charge in [0.05, 0.1) is 25.3 Å². The molecule has 180 valence electrons. The Balaban J connectivity index is 1.59. The van der Waals surface area contributed by atoms with Crippen molar-refractivity contribution >= 4 is 27.8 Å². The molecule has 0 spiro atoms. The summed E-state index contributed by atoms with van der Waals surface area (Å²) < 4.78 is 12.6. The molecule has 37 heavy (non-hydrogen) atoms. The number of carbonyl (C=O) groups is 1. The van der Waals surface area contributed by atoms with Crippen molar-refractivity contribution in [1.29, 1.82) is 0 Å². The quantitative estimate of drug-likeness (QED) is 0.274. The number of fused-ring (bicyclic) bond motifs is 2. The minimum absolute atomic E-state index is 0.173. The highest BCUT2D eigenvalue weighted by molar-refractivity contribution is 6.15. The van der Waals surface area contributed by atoms with Gasteiger partial charge in [0.15, 0.2) is 11.5 Å². The molecule has 6 heteroatoms. The van der Waals surface area contributed by atoms with E-state index < -0.39 is 0 Å². The first kappa shape index (κ1) is 22.5. The minimum Gasteiger partial charge on any atom is -0.493 e. The van der Waals surface area contributed by atoms with Gasteiger partial charge < -0.3 is 9.47 Å². The van der Waals surface area contributed by atoms with Crippen LogP contribution in [-0.4, -0.2) is 34.7 Å². The summed E-state index contributed by atoms with van der Waals surface area (Å²) >= 11 is 0. The molecule has 3 aromatic carbocycles. The molecule has 6 rings (SSSR count). The number of ether oxygens (including phenoxy) is 2. The second-order valence-corrected chi connectivity index (χ2v) is 8.59. The van der Waals surface area contributed by atoms with E-state index in [0.29, 0.717) is 22.7 Å². The number of aromatic nitrogens is 3. The highest BCUT2D eigenvalue weighted by Gasteiger charge is 2.23. The second kappa shape index (κ2) is 9.24. The summed E-state index contributed by atoms with van der Waals surface area (Å²) in [6.45, 7) is 0. The van der Waals surface area contributed by atoms with Crippen LogP contribution >= 0.6 is 0 Å². The predicted octanol–water partition coefficient (Wildman–Crippen LogP) is 6.62. The van der Waals surface area contributed by atoms with Gasteiger partial charge >= 0.3 is 0 Å². The molecule has 0 N–H and O–H groups in total. The first-order valence-corrected chi connectivity index (χ1v) is 11.9. The molecule has 0 aliphatic carbocycles. The van der Waals surface area contributed by atoms with Crippen molar-refractivity contribution in [2.45, 2.75) is 0 Å². The molecule has 3 heterocycles. The SMILES string of the molecule is COc1ccc(-c2cn(C(=O)c3c(-c4ccccc4)cnc4ccccc34)c3ncccc23)cc1OC. The lowest BCUT2D eigenvalue weighted by molar-refractivity contribution is 0.0966. The standard InChI is InChI=1S/C31H23N3O3/c1-36-27-15-14-21(17-28(27)37-2)25-19-34(30-22(25)12-8-16-32-30)31(35)29-23-11-6-7-13-26(23)33-18-24(29)20-9-4-3-5-10-20/h3-19H,1-2H3. The molecule has 6 aromatic rings. The van der Waals surface area contributed by atoms with Crippen LogP contribution in [0.4, 0.5) is 0 Å². The monoisotopic (exact) mass is 485 g/mol. The zero-order chi connectivity index (χ0) is 25.4. The molecule has 0 saturated carbocycles. The Labute approximate surface area is 213 Å². The Morgan fingerprint density at radius 1 is 0.730 bits per heavy atom. The lowest BCUT2D eigenvalue weighted by Crippen LogP contribution is -2.14. The van der Waals surface area contributed by atoms with Crippen molar-refractivity contribution < 1.29 is 14.3 Å². The first-order chi connectivity index (χ1) is 18.2. The van der Waals surface area contributed by atoms with E-state index in [2.05, 4.69) is 9.97 Å². The Morgan fingerprint density at radius 3 is 2.30 bits per heavy atom. The smallest absolute Gasteiger partial charge is 0.264 e. The third-order valence-corrected chi connectivity index (χ3v) is 6.55. The normalized spacial score (nSPS) is 11.1. The van der Waals surface area contributed by atoms with Gasteiger partial charge in [-0.05, 0) is 41.5 Å². The fourth-order valence-corrected chi connectivity index (χ4v) is 4.78. The largest absolute Gasteiger partial charge is 0.493 e. The van der Waals surface area contributed by atoms with Crippen LogP contribution in [0.1, 0.15) is 10.4 Å². The van der Waals surface area contributed by atoms with E-state index in [1.165, 1.54) is 0 Å². The van der Waals surface area contributed by atoms with Crippen LogP contribution in [-0.2, 0) is 0 Å². The number of benzene rings is 3. The summed E-state index contributed by atoms with van der Waals surface area (Å²) in [4.78, 5) is 23.6. The third-order valence-electron chi connectivity index (χ3n) is 6.55. The van der Waals surface area contributed by atoms with E-state index in [1.807, 2.05) is 91.1 Å². The molecule has 0 radical (unpaired) electrons. The highest BCUT2D eigenvalue weighted by Crippen LogP contribution is 2.37. The number of hydrogen-bond acceptors (Lipinski definition) is 5. The maximum absolute atomic E-state index is 14.4.